The Hall–Kier alpha value is -0.570. The standard InChI is InChI=1S/C19H38N4O2.HI/c1-6-25-13-7-12-20-19(21-14-18(24)23(4)5)22-17-10-8-16(9-11-17)15(2)3;/h15-17H,6-14H2,1-5H3,(H2,20,21,22);1H. The maximum atomic E-state index is 11.8. The molecule has 0 atom stereocenters. The van der Waals surface area contributed by atoms with Crippen molar-refractivity contribution in [2.24, 2.45) is 16.8 Å². The summed E-state index contributed by atoms with van der Waals surface area (Å²) in [7, 11) is 3.52. The van der Waals surface area contributed by atoms with Gasteiger partial charge in [-0.15, -0.1) is 24.0 Å². The van der Waals surface area contributed by atoms with Crippen molar-refractivity contribution >= 4 is 35.8 Å². The van der Waals surface area contributed by atoms with Crippen molar-refractivity contribution in [2.75, 3.05) is 40.4 Å². The van der Waals surface area contributed by atoms with Crippen LogP contribution in [0.1, 0.15) is 52.9 Å². The van der Waals surface area contributed by atoms with E-state index in [1.54, 1.807) is 19.0 Å². The lowest BCUT2D eigenvalue weighted by Gasteiger charge is -2.32. The van der Waals surface area contributed by atoms with E-state index in [-0.39, 0.29) is 36.4 Å². The van der Waals surface area contributed by atoms with Crippen LogP contribution in [-0.2, 0) is 9.53 Å². The van der Waals surface area contributed by atoms with Crippen LogP contribution < -0.4 is 10.6 Å². The molecule has 1 fully saturated rings. The first-order valence-electron chi connectivity index (χ1n) is 9.76. The fraction of sp³-hybridized carbons (Fsp3) is 0.895. The Balaban J connectivity index is 0.00000625. The highest BCUT2D eigenvalue weighted by Gasteiger charge is 2.23. The zero-order chi connectivity index (χ0) is 18.7. The van der Waals surface area contributed by atoms with Crippen LogP contribution in [-0.4, -0.2) is 63.2 Å². The van der Waals surface area contributed by atoms with Crippen molar-refractivity contribution in [3.63, 3.8) is 0 Å². The van der Waals surface area contributed by atoms with Gasteiger partial charge in [-0.05, 0) is 50.9 Å². The summed E-state index contributed by atoms with van der Waals surface area (Å²) < 4.78 is 5.37. The van der Waals surface area contributed by atoms with Crippen molar-refractivity contribution in [3.8, 4) is 0 Å². The second kappa shape index (κ2) is 14.5. The molecule has 154 valence electrons. The Kier molecular flexibility index (Phi) is 14.2. The number of carbonyl (C=O) groups is 1. The fourth-order valence-corrected chi connectivity index (χ4v) is 3.09. The van der Waals surface area contributed by atoms with Crippen LogP contribution >= 0.6 is 24.0 Å². The molecule has 1 rings (SSSR count). The van der Waals surface area contributed by atoms with E-state index in [1.165, 1.54) is 25.7 Å². The summed E-state index contributed by atoms with van der Waals surface area (Å²) in [6.45, 7) is 9.10. The van der Waals surface area contributed by atoms with Crippen molar-refractivity contribution in [2.45, 2.75) is 58.9 Å². The lowest BCUT2D eigenvalue weighted by Crippen LogP contribution is -2.46. The Labute approximate surface area is 176 Å². The summed E-state index contributed by atoms with van der Waals surface area (Å²) in [4.78, 5) is 17.9. The first-order chi connectivity index (χ1) is 11.9. The van der Waals surface area contributed by atoms with E-state index in [0.717, 1.165) is 44.0 Å². The molecule has 0 unspecified atom stereocenters. The molecule has 26 heavy (non-hydrogen) atoms. The van der Waals surface area contributed by atoms with Crippen LogP contribution in [0, 0.1) is 11.8 Å². The third-order valence-corrected chi connectivity index (χ3v) is 4.89. The average Bonchev–Trinajstić information content (AvgIpc) is 2.59. The monoisotopic (exact) mass is 482 g/mol. The highest BCUT2D eigenvalue weighted by Crippen LogP contribution is 2.29. The Bertz CT molecular complexity index is 408. The van der Waals surface area contributed by atoms with E-state index in [9.17, 15) is 4.79 Å². The molecule has 0 spiro atoms. The minimum atomic E-state index is 0. The number of nitrogens with zero attached hydrogens (tertiary/aromatic N) is 2. The molecule has 1 aliphatic rings. The average molecular weight is 482 g/mol. The maximum absolute atomic E-state index is 11.8. The molecule has 0 radical (unpaired) electrons. The molecule has 0 heterocycles. The van der Waals surface area contributed by atoms with Gasteiger partial charge in [-0.1, -0.05) is 13.8 Å². The van der Waals surface area contributed by atoms with Gasteiger partial charge in [0.25, 0.3) is 0 Å². The summed E-state index contributed by atoms with van der Waals surface area (Å²) >= 11 is 0. The highest BCUT2D eigenvalue weighted by molar-refractivity contribution is 14.0. The Morgan fingerprint density at radius 1 is 1.23 bits per heavy atom. The summed E-state index contributed by atoms with van der Waals surface area (Å²) in [6.07, 6.45) is 5.80. The van der Waals surface area contributed by atoms with Crippen molar-refractivity contribution in [3.05, 3.63) is 0 Å². The summed E-state index contributed by atoms with van der Waals surface area (Å²) in [5, 5.41) is 6.87. The lowest BCUT2D eigenvalue weighted by atomic mass is 9.80. The number of aliphatic imine (C=N–C) groups is 1. The number of hydrogen-bond acceptors (Lipinski definition) is 3. The van der Waals surface area contributed by atoms with E-state index >= 15 is 0 Å². The minimum Gasteiger partial charge on any atom is -0.382 e. The third-order valence-electron chi connectivity index (χ3n) is 4.89. The van der Waals surface area contributed by atoms with Crippen LogP contribution in [0.4, 0.5) is 0 Å². The van der Waals surface area contributed by atoms with Crippen molar-refractivity contribution < 1.29 is 9.53 Å². The van der Waals surface area contributed by atoms with Crippen LogP contribution in [0.15, 0.2) is 4.99 Å². The molecule has 7 heteroatoms. The summed E-state index contributed by atoms with van der Waals surface area (Å²) in [5.41, 5.74) is 0. The van der Waals surface area contributed by atoms with E-state index < -0.39 is 0 Å². The number of nitrogens with one attached hydrogen (secondary N) is 2. The molecule has 1 saturated carbocycles. The zero-order valence-corrected chi connectivity index (χ0v) is 19.5. The normalized spacial score (nSPS) is 20.5. The first kappa shape index (κ1) is 25.4. The molecule has 6 nitrogen and oxygen atoms in total. The van der Waals surface area contributed by atoms with Crippen LogP contribution in [0.5, 0.6) is 0 Å². The number of rotatable bonds is 9. The molecule has 1 amide bonds. The Morgan fingerprint density at radius 2 is 1.88 bits per heavy atom. The van der Waals surface area contributed by atoms with E-state index in [0.29, 0.717) is 6.04 Å². The highest BCUT2D eigenvalue weighted by atomic mass is 127. The molecule has 0 aliphatic heterocycles. The smallest absolute Gasteiger partial charge is 0.243 e. The molecule has 0 aromatic carbocycles. The van der Waals surface area contributed by atoms with Gasteiger partial charge in [0, 0.05) is 39.9 Å². The number of hydrogen-bond donors (Lipinski definition) is 2. The Morgan fingerprint density at radius 3 is 2.42 bits per heavy atom. The number of carbonyl (C=O) groups excluding carboxylic acids is 1. The van der Waals surface area contributed by atoms with Gasteiger partial charge < -0.3 is 20.3 Å². The van der Waals surface area contributed by atoms with E-state index in [1.807, 2.05) is 6.92 Å². The maximum Gasteiger partial charge on any atom is 0.243 e. The SMILES string of the molecule is CCOCCCNC(=NCC(=O)N(C)C)NC1CCC(C(C)C)CC1.I. The number of likely N-dealkylation sites (N-methyl/N-ethyl adjacent to an activating group) is 1. The van der Waals surface area contributed by atoms with Crippen LogP contribution in [0.2, 0.25) is 0 Å². The van der Waals surface area contributed by atoms with Gasteiger partial charge >= 0.3 is 0 Å². The van der Waals surface area contributed by atoms with Crippen LogP contribution in [0.3, 0.4) is 0 Å². The van der Waals surface area contributed by atoms with E-state index in [4.69, 9.17) is 4.74 Å². The largest absolute Gasteiger partial charge is 0.382 e. The number of amides is 1. The van der Waals surface area contributed by atoms with Crippen LogP contribution in [0.25, 0.3) is 0 Å². The minimum absolute atomic E-state index is 0. The number of halogens is 1. The number of guanidine groups is 1. The molecule has 0 aromatic heterocycles. The first-order valence-corrected chi connectivity index (χ1v) is 9.76. The third kappa shape index (κ3) is 10.5. The molecule has 0 saturated heterocycles. The molecular weight excluding hydrogens is 443 g/mol. The fourth-order valence-electron chi connectivity index (χ4n) is 3.09. The van der Waals surface area contributed by atoms with Gasteiger partial charge in [0.2, 0.25) is 5.91 Å². The number of ether oxygens (including phenoxy) is 1. The lowest BCUT2D eigenvalue weighted by molar-refractivity contribution is -0.127. The predicted octanol–water partition coefficient (Wildman–Crippen LogP) is 2.87. The van der Waals surface area contributed by atoms with E-state index in [2.05, 4.69) is 29.5 Å². The molecule has 0 aromatic rings. The molecular formula is C19H39IN4O2. The summed E-state index contributed by atoms with van der Waals surface area (Å²) in [5.74, 6) is 2.37. The molecule has 2 N–H and O–H groups in total. The molecule has 1 aliphatic carbocycles. The van der Waals surface area contributed by atoms with Gasteiger partial charge in [-0.2, -0.15) is 0 Å². The van der Waals surface area contributed by atoms with Gasteiger partial charge in [-0.25, -0.2) is 4.99 Å². The quantitative estimate of drug-likeness (QED) is 0.230. The second-order valence-electron chi connectivity index (χ2n) is 7.43. The zero-order valence-electron chi connectivity index (χ0n) is 17.2. The van der Waals surface area contributed by atoms with Crippen molar-refractivity contribution in [1.29, 1.82) is 0 Å². The second-order valence-corrected chi connectivity index (χ2v) is 7.43. The summed E-state index contributed by atoms with van der Waals surface area (Å²) in [6, 6.07) is 0.447. The van der Waals surface area contributed by atoms with Gasteiger partial charge in [0.05, 0.1) is 0 Å². The van der Waals surface area contributed by atoms with Gasteiger partial charge in [0.1, 0.15) is 6.54 Å². The van der Waals surface area contributed by atoms with Crippen molar-refractivity contribution in [1.82, 2.24) is 15.5 Å². The molecule has 0 bridgehead atoms. The van der Waals surface area contributed by atoms with Gasteiger partial charge in [-0.3, -0.25) is 4.79 Å². The van der Waals surface area contributed by atoms with Gasteiger partial charge in [0.15, 0.2) is 5.96 Å². The predicted molar refractivity (Wildman–Crippen MR) is 119 cm³/mol. The topological polar surface area (TPSA) is 66.0 Å².